The van der Waals surface area contributed by atoms with Crippen molar-refractivity contribution in [1.29, 1.82) is 0 Å². The predicted molar refractivity (Wildman–Crippen MR) is 93.3 cm³/mol. The molecule has 0 saturated heterocycles. The van der Waals surface area contributed by atoms with E-state index in [1.54, 1.807) is 0 Å². The summed E-state index contributed by atoms with van der Waals surface area (Å²) in [6.07, 6.45) is 1.19. The summed E-state index contributed by atoms with van der Waals surface area (Å²) in [6, 6.07) is 22.0. The first-order valence-corrected chi connectivity index (χ1v) is 8.37. The molecular formula is C20H26N2. The van der Waals surface area contributed by atoms with Crippen LogP contribution in [0.1, 0.15) is 29.4 Å². The maximum atomic E-state index is 3.64. The summed E-state index contributed by atoms with van der Waals surface area (Å²) in [5.41, 5.74) is 2.97. The Balaban J connectivity index is 1.64. The van der Waals surface area contributed by atoms with Gasteiger partial charge < -0.3 is 10.6 Å². The normalized spacial score (nSPS) is 23.4. The largest absolute Gasteiger partial charge is 0.320 e. The summed E-state index contributed by atoms with van der Waals surface area (Å²) in [6.45, 7) is 3.30. The average molecular weight is 294 g/mol. The van der Waals surface area contributed by atoms with Gasteiger partial charge in [-0.2, -0.15) is 0 Å². The van der Waals surface area contributed by atoms with E-state index in [-0.39, 0.29) is 0 Å². The van der Waals surface area contributed by atoms with Gasteiger partial charge in [0.15, 0.2) is 0 Å². The Bertz CT molecular complexity index is 507. The van der Waals surface area contributed by atoms with Gasteiger partial charge in [-0.05, 0) is 62.0 Å². The minimum atomic E-state index is 0.667. The zero-order chi connectivity index (χ0) is 15.2. The quantitative estimate of drug-likeness (QED) is 0.729. The summed E-state index contributed by atoms with van der Waals surface area (Å²) >= 11 is 0. The van der Waals surface area contributed by atoms with Crippen molar-refractivity contribution < 1.29 is 0 Å². The van der Waals surface area contributed by atoms with Gasteiger partial charge in [0.1, 0.15) is 0 Å². The van der Waals surface area contributed by atoms with E-state index in [0.717, 1.165) is 25.6 Å². The van der Waals surface area contributed by atoms with Gasteiger partial charge in [0.2, 0.25) is 0 Å². The molecule has 1 saturated carbocycles. The highest BCUT2D eigenvalue weighted by Crippen LogP contribution is 2.59. The lowest BCUT2D eigenvalue weighted by atomic mass is 10.0. The van der Waals surface area contributed by atoms with E-state index in [0.29, 0.717) is 11.8 Å². The van der Waals surface area contributed by atoms with Crippen LogP contribution in [0.2, 0.25) is 0 Å². The van der Waals surface area contributed by atoms with E-state index < -0.39 is 0 Å². The molecular weight excluding hydrogens is 268 g/mol. The lowest BCUT2D eigenvalue weighted by Gasteiger charge is -2.04. The molecule has 22 heavy (non-hydrogen) atoms. The minimum absolute atomic E-state index is 0.667. The van der Waals surface area contributed by atoms with Gasteiger partial charge in [-0.1, -0.05) is 60.7 Å². The molecule has 2 nitrogen and oxygen atoms in total. The van der Waals surface area contributed by atoms with Crippen molar-refractivity contribution in [3.8, 4) is 0 Å². The third kappa shape index (κ3) is 3.57. The lowest BCUT2D eigenvalue weighted by molar-refractivity contribution is 0.587. The number of rotatable bonds is 8. The molecule has 0 heterocycles. The van der Waals surface area contributed by atoms with Crippen LogP contribution in [0.4, 0.5) is 0 Å². The predicted octanol–water partition coefficient (Wildman–Crippen LogP) is 3.38. The molecule has 0 bridgehead atoms. The van der Waals surface area contributed by atoms with Gasteiger partial charge in [-0.3, -0.25) is 0 Å². The maximum absolute atomic E-state index is 3.64. The van der Waals surface area contributed by atoms with Crippen molar-refractivity contribution in [2.45, 2.75) is 18.3 Å². The van der Waals surface area contributed by atoms with E-state index in [9.17, 15) is 0 Å². The van der Waals surface area contributed by atoms with Crippen molar-refractivity contribution in [2.75, 3.05) is 26.7 Å². The minimum Gasteiger partial charge on any atom is -0.320 e. The molecule has 2 N–H and O–H groups in total. The molecule has 1 aliphatic carbocycles. The molecule has 1 fully saturated rings. The van der Waals surface area contributed by atoms with Crippen LogP contribution in [0.3, 0.4) is 0 Å². The fourth-order valence-corrected chi connectivity index (χ4v) is 3.55. The summed E-state index contributed by atoms with van der Waals surface area (Å²) in [5, 5.41) is 6.84. The van der Waals surface area contributed by atoms with E-state index in [2.05, 4.69) is 71.3 Å². The Labute approximate surface area is 134 Å². The highest BCUT2D eigenvalue weighted by Gasteiger charge is 2.50. The van der Waals surface area contributed by atoms with Crippen LogP contribution in [0.25, 0.3) is 0 Å². The Morgan fingerprint density at radius 2 is 1.32 bits per heavy atom. The van der Waals surface area contributed by atoms with Gasteiger partial charge >= 0.3 is 0 Å². The van der Waals surface area contributed by atoms with Crippen LogP contribution >= 0.6 is 0 Å². The van der Waals surface area contributed by atoms with Crippen molar-refractivity contribution in [3.05, 3.63) is 71.8 Å². The fraction of sp³-hybridized carbons (Fsp3) is 0.400. The smallest absolute Gasteiger partial charge is 0.000835 e. The Morgan fingerprint density at radius 1 is 0.773 bits per heavy atom. The second-order valence-corrected chi connectivity index (χ2v) is 6.20. The number of hydrogen-bond donors (Lipinski definition) is 2. The molecule has 0 spiro atoms. The fourth-order valence-electron chi connectivity index (χ4n) is 3.55. The van der Waals surface area contributed by atoms with Gasteiger partial charge in [-0.15, -0.1) is 0 Å². The summed E-state index contributed by atoms with van der Waals surface area (Å²) in [4.78, 5) is 0. The highest BCUT2D eigenvalue weighted by molar-refractivity contribution is 5.39. The van der Waals surface area contributed by atoms with Crippen LogP contribution in [0.5, 0.6) is 0 Å². The molecule has 0 amide bonds. The maximum Gasteiger partial charge on any atom is -0.000835 e. The molecule has 0 radical (unpaired) electrons. The molecule has 2 unspecified atom stereocenters. The SMILES string of the molecule is CNCCCNCC1C(c2ccccc2)C1c1ccccc1. The summed E-state index contributed by atoms with van der Waals surface area (Å²) < 4.78 is 0. The molecule has 2 heteroatoms. The topological polar surface area (TPSA) is 24.1 Å². The summed E-state index contributed by atoms with van der Waals surface area (Å²) in [7, 11) is 2.01. The van der Waals surface area contributed by atoms with Crippen LogP contribution in [0.15, 0.2) is 60.7 Å². The van der Waals surface area contributed by atoms with E-state index in [4.69, 9.17) is 0 Å². The third-order valence-electron chi connectivity index (χ3n) is 4.70. The monoisotopic (exact) mass is 294 g/mol. The zero-order valence-electron chi connectivity index (χ0n) is 13.3. The second kappa shape index (κ2) is 7.57. The van der Waals surface area contributed by atoms with E-state index in [1.165, 1.54) is 17.5 Å². The van der Waals surface area contributed by atoms with Gasteiger partial charge in [0.05, 0.1) is 0 Å². The lowest BCUT2D eigenvalue weighted by Crippen LogP contribution is -2.22. The van der Waals surface area contributed by atoms with Gasteiger partial charge in [-0.25, -0.2) is 0 Å². The van der Waals surface area contributed by atoms with Crippen molar-refractivity contribution >= 4 is 0 Å². The van der Waals surface area contributed by atoms with Crippen molar-refractivity contribution in [1.82, 2.24) is 10.6 Å². The first-order chi connectivity index (χ1) is 10.9. The average Bonchev–Trinajstić information content (AvgIpc) is 3.30. The number of benzene rings is 2. The van der Waals surface area contributed by atoms with Gasteiger partial charge in [0, 0.05) is 0 Å². The molecule has 116 valence electrons. The first kappa shape index (κ1) is 15.3. The standard InChI is InChI=1S/C20H26N2/c1-21-13-8-14-22-15-18-19(16-9-4-2-5-10-16)20(18)17-11-6-3-7-12-17/h2-7,9-12,18-22H,8,13-15H2,1H3. The van der Waals surface area contributed by atoms with E-state index in [1.807, 2.05) is 7.05 Å². The number of hydrogen-bond acceptors (Lipinski definition) is 2. The molecule has 2 aromatic carbocycles. The molecule has 2 aromatic rings. The van der Waals surface area contributed by atoms with Crippen LogP contribution < -0.4 is 10.6 Å². The molecule has 0 aromatic heterocycles. The van der Waals surface area contributed by atoms with Gasteiger partial charge in [0.25, 0.3) is 0 Å². The molecule has 3 rings (SSSR count). The van der Waals surface area contributed by atoms with Crippen LogP contribution in [-0.2, 0) is 0 Å². The first-order valence-electron chi connectivity index (χ1n) is 8.37. The second-order valence-electron chi connectivity index (χ2n) is 6.20. The molecule has 0 aliphatic heterocycles. The number of nitrogens with one attached hydrogen (secondary N) is 2. The van der Waals surface area contributed by atoms with Crippen LogP contribution in [-0.4, -0.2) is 26.7 Å². The van der Waals surface area contributed by atoms with Crippen LogP contribution in [0, 0.1) is 5.92 Å². The molecule has 2 atom stereocenters. The Morgan fingerprint density at radius 3 is 1.82 bits per heavy atom. The highest BCUT2D eigenvalue weighted by atomic mass is 14.9. The summed E-state index contributed by atoms with van der Waals surface area (Å²) in [5.74, 6) is 2.06. The Hall–Kier alpha value is -1.64. The zero-order valence-corrected chi connectivity index (χ0v) is 13.3. The van der Waals surface area contributed by atoms with Crippen molar-refractivity contribution in [2.24, 2.45) is 5.92 Å². The molecule has 1 aliphatic rings. The van der Waals surface area contributed by atoms with Crippen molar-refractivity contribution in [3.63, 3.8) is 0 Å². The Kier molecular flexibility index (Phi) is 5.25. The van der Waals surface area contributed by atoms with E-state index >= 15 is 0 Å². The third-order valence-corrected chi connectivity index (χ3v) is 4.70.